The molecule has 1 N–H and O–H groups in total. The van der Waals surface area contributed by atoms with Gasteiger partial charge in [0.05, 0.1) is 0 Å². The van der Waals surface area contributed by atoms with Gasteiger partial charge in [-0.05, 0) is 43.4 Å². The second-order valence-corrected chi connectivity index (χ2v) is 5.91. The van der Waals surface area contributed by atoms with Crippen LogP contribution >= 0.6 is 0 Å². The fourth-order valence-electron chi connectivity index (χ4n) is 2.86. The van der Waals surface area contributed by atoms with Crippen LogP contribution < -0.4 is 5.32 Å². The Kier molecular flexibility index (Phi) is 7.23. The molecule has 114 valence electrons. The molecule has 0 radical (unpaired) electrons. The molecule has 1 fully saturated rings. The van der Waals surface area contributed by atoms with E-state index in [4.69, 9.17) is 0 Å². The molecule has 0 aliphatic heterocycles. The fourth-order valence-corrected chi connectivity index (χ4v) is 2.86. The molecule has 2 nitrogen and oxygen atoms in total. The summed E-state index contributed by atoms with van der Waals surface area (Å²) in [5.74, 6) is 0. The first-order valence-electron chi connectivity index (χ1n) is 8.31. The summed E-state index contributed by atoms with van der Waals surface area (Å²) in [5, 5.41) is 3.66. The van der Waals surface area contributed by atoms with Gasteiger partial charge in [-0.2, -0.15) is 0 Å². The van der Waals surface area contributed by atoms with E-state index in [-0.39, 0.29) is 0 Å². The van der Waals surface area contributed by atoms with Gasteiger partial charge >= 0.3 is 0 Å². The Morgan fingerprint density at radius 2 is 1.90 bits per heavy atom. The highest BCUT2D eigenvalue weighted by Gasteiger charge is 2.11. The Hall–Kier alpha value is -1.41. The second kappa shape index (κ2) is 9.51. The highest BCUT2D eigenvalue weighted by molar-refractivity contribution is 5.79. The number of benzene rings is 1. The molecule has 0 saturated heterocycles. The topological polar surface area (TPSA) is 24.4 Å². The normalized spacial score (nSPS) is 16.4. The van der Waals surface area contributed by atoms with Crippen LogP contribution in [0.25, 0.3) is 0 Å². The van der Waals surface area contributed by atoms with Crippen molar-refractivity contribution in [1.29, 1.82) is 0 Å². The van der Waals surface area contributed by atoms with Gasteiger partial charge in [-0.1, -0.05) is 49.6 Å². The molecule has 0 atom stereocenters. The molecule has 0 aromatic heterocycles. The fraction of sp³-hybridized carbons (Fsp3) is 0.526. The lowest BCUT2D eigenvalue weighted by Gasteiger charge is -2.22. The van der Waals surface area contributed by atoms with Crippen LogP contribution in [-0.4, -0.2) is 25.3 Å². The highest BCUT2D eigenvalue weighted by Crippen LogP contribution is 2.17. The van der Waals surface area contributed by atoms with Crippen LogP contribution in [0.3, 0.4) is 0 Å². The summed E-state index contributed by atoms with van der Waals surface area (Å²) < 4.78 is 0. The Bertz CT molecular complexity index is 427. The zero-order valence-electron chi connectivity index (χ0n) is 13.1. The second-order valence-electron chi connectivity index (χ2n) is 5.91. The van der Waals surface area contributed by atoms with Crippen LogP contribution in [0, 0.1) is 0 Å². The van der Waals surface area contributed by atoms with Gasteiger partial charge in [0.2, 0.25) is 0 Å². The summed E-state index contributed by atoms with van der Waals surface area (Å²) >= 11 is 0. The molecule has 1 saturated carbocycles. The predicted molar refractivity (Wildman–Crippen MR) is 92.3 cm³/mol. The van der Waals surface area contributed by atoms with Crippen LogP contribution in [-0.2, 0) is 6.42 Å². The third-order valence-corrected chi connectivity index (χ3v) is 4.10. The molecule has 0 heterocycles. The molecular weight excluding hydrogens is 256 g/mol. The molecule has 1 aliphatic rings. The number of nitrogens with one attached hydrogen (secondary N) is 1. The highest BCUT2D eigenvalue weighted by atomic mass is 14.9. The van der Waals surface area contributed by atoms with Crippen molar-refractivity contribution >= 4 is 6.21 Å². The van der Waals surface area contributed by atoms with Crippen molar-refractivity contribution in [3.8, 4) is 0 Å². The van der Waals surface area contributed by atoms with Gasteiger partial charge in [0.25, 0.3) is 0 Å². The molecule has 0 bridgehead atoms. The Labute approximate surface area is 129 Å². The standard InChI is InChI=1S/C19H28N2/c1-2-7-17-10-12-18(13-11-17)16-20-14-6-15-21-19-8-4-3-5-9-19/h2,10-13,16,19,21H,1,3-9,14-15H2/b20-16-. The van der Waals surface area contributed by atoms with Crippen molar-refractivity contribution in [1.82, 2.24) is 5.32 Å². The maximum absolute atomic E-state index is 4.51. The number of nitrogens with zero attached hydrogens (tertiary/aromatic N) is 1. The van der Waals surface area contributed by atoms with Crippen molar-refractivity contribution < 1.29 is 0 Å². The molecule has 1 aromatic rings. The third-order valence-electron chi connectivity index (χ3n) is 4.10. The number of aliphatic imine (C=N–C) groups is 1. The van der Waals surface area contributed by atoms with E-state index in [2.05, 4.69) is 41.2 Å². The Morgan fingerprint density at radius 1 is 1.14 bits per heavy atom. The van der Waals surface area contributed by atoms with E-state index in [9.17, 15) is 0 Å². The molecule has 2 heteroatoms. The van der Waals surface area contributed by atoms with Gasteiger partial charge < -0.3 is 5.32 Å². The quantitative estimate of drug-likeness (QED) is 0.433. The smallest absolute Gasteiger partial charge is 0.0401 e. The number of hydrogen-bond donors (Lipinski definition) is 1. The van der Waals surface area contributed by atoms with E-state index in [0.29, 0.717) is 0 Å². The van der Waals surface area contributed by atoms with Crippen LogP contribution in [0.2, 0.25) is 0 Å². The van der Waals surface area contributed by atoms with Gasteiger partial charge in [-0.15, -0.1) is 6.58 Å². The van der Waals surface area contributed by atoms with Crippen LogP contribution in [0.15, 0.2) is 41.9 Å². The van der Waals surface area contributed by atoms with Crippen LogP contribution in [0.1, 0.15) is 49.7 Å². The average molecular weight is 284 g/mol. The van der Waals surface area contributed by atoms with Crippen LogP contribution in [0.4, 0.5) is 0 Å². The van der Waals surface area contributed by atoms with Crippen molar-refractivity contribution in [3.05, 3.63) is 48.0 Å². The van der Waals surface area contributed by atoms with Gasteiger partial charge in [-0.25, -0.2) is 0 Å². The van der Waals surface area contributed by atoms with Crippen molar-refractivity contribution in [2.24, 2.45) is 4.99 Å². The van der Waals surface area contributed by atoms with Crippen LogP contribution in [0.5, 0.6) is 0 Å². The van der Waals surface area contributed by atoms with E-state index in [1.54, 1.807) is 0 Å². The zero-order chi connectivity index (χ0) is 14.8. The first-order valence-corrected chi connectivity index (χ1v) is 8.31. The minimum atomic E-state index is 0.764. The van der Waals surface area contributed by atoms with E-state index in [0.717, 1.165) is 32.0 Å². The molecule has 2 rings (SSSR count). The molecule has 1 aromatic carbocycles. The van der Waals surface area contributed by atoms with E-state index >= 15 is 0 Å². The molecular formula is C19H28N2. The molecule has 0 unspecified atom stereocenters. The molecule has 0 amide bonds. The molecule has 21 heavy (non-hydrogen) atoms. The minimum absolute atomic E-state index is 0.764. The van der Waals surface area contributed by atoms with Gasteiger partial charge in [-0.3, -0.25) is 4.99 Å². The van der Waals surface area contributed by atoms with E-state index in [1.807, 2.05) is 12.3 Å². The average Bonchev–Trinajstić information content (AvgIpc) is 2.53. The summed E-state index contributed by atoms with van der Waals surface area (Å²) in [6.45, 7) is 5.77. The lowest BCUT2D eigenvalue weighted by Crippen LogP contribution is -2.31. The first kappa shape index (κ1) is 16.0. The molecule has 1 aliphatic carbocycles. The van der Waals surface area contributed by atoms with Gasteiger partial charge in [0.1, 0.15) is 0 Å². The summed E-state index contributed by atoms with van der Waals surface area (Å²) in [4.78, 5) is 4.51. The number of rotatable bonds is 8. The zero-order valence-corrected chi connectivity index (χ0v) is 13.1. The molecule has 0 spiro atoms. The summed E-state index contributed by atoms with van der Waals surface area (Å²) in [7, 11) is 0. The van der Waals surface area contributed by atoms with Gasteiger partial charge in [0, 0.05) is 18.8 Å². The van der Waals surface area contributed by atoms with Crippen molar-refractivity contribution in [2.75, 3.05) is 13.1 Å². The Balaban J connectivity index is 1.60. The van der Waals surface area contributed by atoms with E-state index in [1.165, 1.54) is 43.2 Å². The maximum Gasteiger partial charge on any atom is 0.0401 e. The number of allylic oxidation sites excluding steroid dienone is 1. The summed E-state index contributed by atoms with van der Waals surface area (Å²) in [6.07, 6.45) is 12.9. The van der Waals surface area contributed by atoms with Crippen molar-refractivity contribution in [2.45, 2.75) is 51.0 Å². The largest absolute Gasteiger partial charge is 0.314 e. The maximum atomic E-state index is 4.51. The SMILES string of the molecule is C=CCc1ccc(/C=N\CCCNC2CCCCC2)cc1. The summed E-state index contributed by atoms with van der Waals surface area (Å²) in [5.41, 5.74) is 2.49. The summed E-state index contributed by atoms with van der Waals surface area (Å²) in [6, 6.07) is 9.31. The lowest BCUT2D eigenvalue weighted by atomic mass is 9.95. The monoisotopic (exact) mass is 284 g/mol. The predicted octanol–water partition coefficient (Wildman–Crippen LogP) is 4.15. The van der Waals surface area contributed by atoms with Gasteiger partial charge in [0.15, 0.2) is 0 Å². The Morgan fingerprint density at radius 3 is 2.62 bits per heavy atom. The van der Waals surface area contributed by atoms with E-state index < -0.39 is 0 Å². The minimum Gasteiger partial charge on any atom is -0.314 e. The first-order chi connectivity index (χ1) is 10.4. The third kappa shape index (κ3) is 6.26. The lowest BCUT2D eigenvalue weighted by molar-refractivity contribution is 0.373. The number of hydrogen-bond acceptors (Lipinski definition) is 2. The van der Waals surface area contributed by atoms with Crippen molar-refractivity contribution in [3.63, 3.8) is 0 Å².